The summed E-state index contributed by atoms with van der Waals surface area (Å²) in [6.07, 6.45) is 2.86. The maximum absolute atomic E-state index is 11.5. The fraction of sp³-hybridized carbons (Fsp3) is 0.182. The molecule has 0 saturated heterocycles. The molecule has 0 fully saturated rings. The number of nitrogens with one attached hydrogen (secondary N) is 1. The molecule has 0 saturated carbocycles. The molecule has 2 rings (SSSR count). The highest BCUT2D eigenvalue weighted by Crippen LogP contribution is 2.12. The summed E-state index contributed by atoms with van der Waals surface area (Å²) in [5.41, 5.74) is -0.319. The molecule has 1 N–H and O–H groups in total. The van der Waals surface area contributed by atoms with Gasteiger partial charge in [0.25, 0.3) is 5.91 Å². The summed E-state index contributed by atoms with van der Waals surface area (Å²) in [5, 5.41) is 4.77. The van der Waals surface area contributed by atoms with Gasteiger partial charge in [-0.2, -0.15) is 0 Å². The van der Waals surface area contributed by atoms with E-state index in [1.807, 2.05) is 0 Å². The standard InChI is InChI=1S/C11H10N2O4S/c1-7-10(8(14)2-4-16-7)17-6-9(15)13-11-12-3-5-18-11/h2-5H,6H2,1H3,(H,12,13,15). The number of hydrogen-bond donors (Lipinski definition) is 1. The molecular weight excluding hydrogens is 256 g/mol. The van der Waals surface area contributed by atoms with Crippen LogP contribution >= 0.6 is 11.3 Å². The zero-order chi connectivity index (χ0) is 13.0. The van der Waals surface area contributed by atoms with Crippen molar-refractivity contribution in [1.82, 2.24) is 4.98 Å². The average molecular weight is 266 g/mol. The number of carbonyl (C=O) groups is 1. The molecule has 0 aromatic carbocycles. The van der Waals surface area contributed by atoms with Gasteiger partial charge in [0.15, 0.2) is 11.7 Å². The Labute approximate surface area is 106 Å². The molecule has 6 nitrogen and oxygen atoms in total. The normalized spacial score (nSPS) is 10.1. The van der Waals surface area contributed by atoms with E-state index in [2.05, 4.69) is 10.3 Å². The van der Waals surface area contributed by atoms with Crippen molar-refractivity contribution < 1.29 is 13.9 Å². The van der Waals surface area contributed by atoms with Crippen LogP contribution < -0.4 is 15.5 Å². The Morgan fingerprint density at radius 3 is 3.11 bits per heavy atom. The Kier molecular flexibility index (Phi) is 3.73. The van der Waals surface area contributed by atoms with Crippen LogP contribution in [0.1, 0.15) is 5.76 Å². The van der Waals surface area contributed by atoms with E-state index in [4.69, 9.17) is 9.15 Å². The Morgan fingerprint density at radius 1 is 1.61 bits per heavy atom. The number of ether oxygens (including phenoxy) is 1. The van der Waals surface area contributed by atoms with E-state index >= 15 is 0 Å². The summed E-state index contributed by atoms with van der Waals surface area (Å²) in [6.45, 7) is 1.32. The van der Waals surface area contributed by atoms with Gasteiger partial charge < -0.3 is 9.15 Å². The molecule has 94 valence electrons. The van der Waals surface area contributed by atoms with Crippen LogP contribution in [-0.4, -0.2) is 17.5 Å². The molecule has 0 spiro atoms. The van der Waals surface area contributed by atoms with Gasteiger partial charge in [0.05, 0.1) is 6.26 Å². The van der Waals surface area contributed by atoms with Crippen LogP contribution in [-0.2, 0) is 4.79 Å². The number of thiazole rings is 1. The van der Waals surface area contributed by atoms with Crippen molar-refractivity contribution in [2.24, 2.45) is 0 Å². The van der Waals surface area contributed by atoms with Crippen molar-refractivity contribution in [2.75, 3.05) is 11.9 Å². The molecule has 2 heterocycles. The van der Waals surface area contributed by atoms with Crippen molar-refractivity contribution >= 4 is 22.4 Å². The van der Waals surface area contributed by atoms with E-state index in [1.165, 1.54) is 23.7 Å². The molecule has 0 atom stereocenters. The maximum atomic E-state index is 11.5. The monoisotopic (exact) mass is 266 g/mol. The Hall–Kier alpha value is -2.15. The van der Waals surface area contributed by atoms with Gasteiger partial charge >= 0.3 is 0 Å². The van der Waals surface area contributed by atoms with Crippen LogP contribution in [0.25, 0.3) is 0 Å². The topological polar surface area (TPSA) is 81.4 Å². The van der Waals surface area contributed by atoms with Gasteiger partial charge in [0.2, 0.25) is 11.2 Å². The summed E-state index contributed by atoms with van der Waals surface area (Å²) in [5.74, 6) is 0.00365. The number of carbonyl (C=O) groups excluding carboxylic acids is 1. The highest BCUT2D eigenvalue weighted by molar-refractivity contribution is 7.13. The third-order valence-electron chi connectivity index (χ3n) is 2.03. The Morgan fingerprint density at radius 2 is 2.44 bits per heavy atom. The van der Waals surface area contributed by atoms with Gasteiger partial charge in [0.1, 0.15) is 5.76 Å². The quantitative estimate of drug-likeness (QED) is 0.905. The second-order valence-corrected chi connectivity index (χ2v) is 4.24. The van der Waals surface area contributed by atoms with Crippen LogP contribution in [0.15, 0.2) is 33.1 Å². The van der Waals surface area contributed by atoms with E-state index in [0.29, 0.717) is 10.9 Å². The van der Waals surface area contributed by atoms with Crippen molar-refractivity contribution in [1.29, 1.82) is 0 Å². The van der Waals surface area contributed by atoms with Crippen LogP contribution in [0, 0.1) is 6.92 Å². The predicted octanol–water partition coefficient (Wildman–Crippen LogP) is 1.42. The number of anilines is 1. The highest BCUT2D eigenvalue weighted by atomic mass is 32.1. The smallest absolute Gasteiger partial charge is 0.264 e. The van der Waals surface area contributed by atoms with Crippen LogP contribution in [0.3, 0.4) is 0 Å². The van der Waals surface area contributed by atoms with Crippen LogP contribution in [0.4, 0.5) is 5.13 Å². The van der Waals surface area contributed by atoms with Crippen molar-refractivity contribution in [3.63, 3.8) is 0 Å². The lowest BCUT2D eigenvalue weighted by Gasteiger charge is -2.06. The third-order valence-corrected chi connectivity index (χ3v) is 2.72. The minimum Gasteiger partial charge on any atom is -0.476 e. The molecule has 18 heavy (non-hydrogen) atoms. The van der Waals surface area contributed by atoms with Crippen molar-refractivity contribution in [2.45, 2.75) is 6.92 Å². The molecule has 0 aliphatic heterocycles. The van der Waals surface area contributed by atoms with Gasteiger partial charge in [-0.15, -0.1) is 11.3 Å². The Balaban J connectivity index is 1.95. The first kappa shape index (κ1) is 12.3. The molecule has 2 aromatic rings. The Bertz CT molecular complexity index is 591. The molecule has 0 unspecified atom stereocenters. The van der Waals surface area contributed by atoms with Crippen molar-refractivity contribution in [3.05, 3.63) is 39.9 Å². The first-order valence-electron chi connectivity index (χ1n) is 5.07. The summed E-state index contributed by atoms with van der Waals surface area (Å²) in [7, 11) is 0. The second-order valence-electron chi connectivity index (χ2n) is 3.34. The van der Waals surface area contributed by atoms with E-state index in [0.717, 1.165) is 0 Å². The van der Waals surface area contributed by atoms with Crippen LogP contribution in [0.5, 0.6) is 5.75 Å². The molecule has 7 heteroatoms. The average Bonchev–Trinajstić information content (AvgIpc) is 2.81. The molecule has 1 amide bonds. The number of aromatic nitrogens is 1. The molecule has 0 radical (unpaired) electrons. The molecule has 0 aliphatic carbocycles. The molecule has 2 aromatic heterocycles. The van der Waals surface area contributed by atoms with Gasteiger partial charge in [-0.05, 0) is 6.92 Å². The minimum absolute atomic E-state index is 0.0480. The lowest BCUT2D eigenvalue weighted by Crippen LogP contribution is -2.22. The van der Waals surface area contributed by atoms with E-state index in [9.17, 15) is 9.59 Å². The maximum Gasteiger partial charge on any atom is 0.264 e. The van der Waals surface area contributed by atoms with E-state index < -0.39 is 0 Å². The van der Waals surface area contributed by atoms with E-state index in [-0.39, 0.29) is 23.7 Å². The lowest BCUT2D eigenvalue weighted by atomic mass is 10.4. The summed E-state index contributed by atoms with van der Waals surface area (Å²) in [6, 6.07) is 1.24. The number of aryl methyl sites for hydroxylation is 1. The van der Waals surface area contributed by atoms with Gasteiger partial charge in [0, 0.05) is 17.6 Å². The number of rotatable bonds is 4. The number of nitrogens with zero attached hydrogens (tertiary/aromatic N) is 1. The lowest BCUT2D eigenvalue weighted by molar-refractivity contribution is -0.118. The van der Waals surface area contributed by atoms with Crippen LogP contribution in [0.2, 0.25) is 0 Å². The highest BCUT2D eigenvalue weighted by Gasteiger charge is 2.10. The SMILES string of the molecule is Cc1occc(=O)c1OCC(=O)Nc1nccs1. The minimum atomic E-state index is -0.382. The summed E-state index contributed by atoms with van der Waals surface area (Å²) in [4.78, 5) is 26.8. The zero-order valence-electron chi connectivity index (χ0n) is 9.50. The number of hydrogen-bond acceptors (Lipinski definition) is 6. The summed E-state index contributed by atoms with van der Waals surface area (Å²) < 4.78 is 10.1. The first-order chi connectivity index (χ1) is 8.66. The third kappa shape index (κ3) is 2.95. The van der Waals surface area contributed by atoms with Gasteiger partial charge in [-0.25, -0.2) is 4.98 Å². The van der Waals surface area contributed by atoms with Gasteiger partial charge in [-0.1, -0.05) is 0 Å². The van der Waals surface area contributed by atoms with Crippen molar-refractivity contribution in [3.8, 4) is 5.75 Å². The molecule has 0 bridgehead atoms. The first-order valence-corrected chi connectivity index (χ1v) is 5.95. The second kappa shape index (κ2) is 5.46. The fourth-order valence-electron chi connectivity index (χ4n) is 1.25. The molecule has 0 aliphatic rings. The summed E-state index contributed by atoms with van der Waals surface area (Å²) >= 11 is 1.30. The van der Waals surface area contributed by atoms with E-state index in [1.54, 1.807) is 18.5 Å². The predicted molar refractivity (Wildman–Crippen MR) is 66.0 cm³/mol. The zero-order valence-corrected chi connectivity index (χ0v) is 10.3. The molecular formula is C11H10N2O4S. The largest absolute Gasteiger partial charge is 0.476 e. The van der Waals surface area contributed by atoms with Gasteiger partial charge in [-0.3, -0.25) is 14.9 Å². The fourth-order valence-corrected chi connectivity index (χ4v) is 1.80. The number of amides is 1.